The molecule has 1 rings (SSSR count). The quantitative estimate of drug-likeness (QED) is 0.609. The fourth-order valence-corrected chi connectivity index (χ4v) is 2.48. The molecule has 0 saturated carbocycles. The van der Waals surface area contributed by atoms with E-state index in [9.17, 15) is 19.8 Å². The van der Waals surface area contributed by atoms with E-state index in [0.29, 0.717) is 12.3 Å². The zero-order chi connectivity index (χ0) is 17.2. The summed E-state index contributed by atoms with van der Waals surface area (Å²) in [5.41, 5.74) is 0.895. The molecule has 1 aromatic rings. The second-order valence-corrected chi connectivity index (χ2v) is 6.34. The number of aliphatic hydroxyl groups is 2. The van der Waals surface area contributed by atoms with Crippen molar-refractivity contribution in [2.45, 2.75) is 51.7 Å². The molecule has 128 valence electrons. The third kappa shape index (κ3) is 8.47. The van der Waals surface area contributed by atoms with Crippen LogP contribution in [0.4, 0.5) is 0 Å². The lowest BCUT2D eigenvalue weighted by atomic mass is 10.0. The molecule has 0 aliphatic rings. The van der Waals surface area contributed by atoms with Gasteiger partial charge < -0.3 is 15.5 Å². The molecule has 23 heavy (non-hydrogen) atoms. The number of benzene rings is 1. The lowest BCUT2D eigenvalue weighted by Gasteiger charge is -2.19. The fraction of sp³-hybridized carbons (Fsp3) is 0.556. The van der Waals surface area contributed by atoms with Crippen LogP contribution in [0, 0.1) is 5.92 Å². The van der Waals surface area contributed by atoms with Crippen molar-refractivity contribution < 1.29 is 19.8 Å². The fourth-order valence-electron chi connectivity index (χ4n) is 2.48. The zero-order valence-electron chi connectivity index (χ0n) is 13.9. The Hall–Kier alpha value is -1.72. The van der Waals surface area contributed by atoms with Crippen LogP contribution in [0.3, 0.4) is 0 Å². The van der Waals surface area contributed by atoms with E-state index in [1.54, 1.807) is 0 Å². The van der Waals surface area contributed by atoms with Crippen molar-refractivity contribution in [1.29, 1.82) is 0 Å². The van der Waals surface area contributed by atoms with Crippen LogP contribution < -0.4 is 5.32 Å². The van der Waals surface area contributed by atoms with E-state index in [1.165, 1.54) is 0 Å². The smallest absolute Gasteiger partial charge is 0.222 e. The van der Waals surface area contributed by atoms with Crippen LogP contribution >= 0.6 is 0 Å². The Kier molecular flexibility index (Phi) is 8.51. The highest BCUT2D eigenvalue weighted by atomic mass is 16.3. The van der Waals surface area contributed by atoms with Crippen LogP contribution in [0.1, 0.15) is 38.7 Å². The molecule has 0 bridgehead atoms. The molecule has 0 radical (unpaired) electrons. The normalized spacial score (nSPS) is 13.6. The van der Waals surface area contributed by atoms with E-state index in [4.69, 9.17) is 0 Å². The average Bonchev–Trinajstić information content (AvgIpc) is 2.46. The topological polar surface area (TPSA) is 86.6 Å². The molecule has 1 amide bonds. The maximum absolute atomic E-state index is 11.9. The van der Waals surface area contributed by atoms with E-state index in [1.807, 2.05) is 44.2 Å². The van der Waals surface area contributed by atoms with Crippen molar-refractivity contribution in [2.75, 3.05) is 6.61 Å². The summed E-state index contributed by atoms with van der Waals surface area (Å²) in [6.07, 6.45) is -0.243. The summed E-state index contributed by atoms with van der Waals surface area (Å²) in [5, 5.41) is 21.8. The molecule has 0 fully saturated rings. The molecule has 0 unspecified atom stereocenters. The monoisotopic (exact) mass is 321 g/mol. The second-order valence-electron chi connectivity index (χ2n) is 6.34. The summed E-state index contributed by atoms with van der Waals surface area (Å²) in [6.45, 7) is 3.88. The van der Waals surface area contributed by atoms with Crippen LogP contribution in [0.2, 0.25) is 0 Å². The molecule has 2 atom stereocenters. The molecule has 1 aromatic carbocycles. The van der Waals surface area contributed by atoms with Crippen molar-refractivity contribution in [1.82, 2.24) is 5.32 Å². The van der Waals surface area contributed by atoms with Gasteiger partial charge in [-0.2, -0.15) is 0 Å². The van der Waals surface area contributed by atoms with Gasteiger partial charge in [0.1, 0.15) is 5.78 Å². The third-order valence-corrected chi connectivity index (χ3v) is 3.47. The first-order valence-electron chi connectivity index (χ1n) is 8.04. The summed E-state index contributed by atoms with van der Waals surface area (Å²) in [5.74, 6) is -0.0908. The van der Waals surface area contributed by atoms with Crippen LogP contribution in [0.15, 0.2) is 30.3 Å². The number of hydrogen-bond donors (Lipinski definition) is 3. The molecule has 0 saturated heterocycles. The van der Waals surface area contributed by atoms with Crippen molar-refractivity contribution in [3.05, 3.63) is 35.9 Å². The number of aliphatic hydroxyl groups excluding tert-OH is 2. The molecule has 0 spiro atoms. The number of amides is 1. The summed E-state index contributed by atoms with van der Waals surface area (Å²) < 4.78 is 0. The Balaban J connectivity index is 2.35. The number of Topliss-reactive ketones (excluding diaryl/α,β-unsaturated/α-hetero) is 1. The third-order valence-electron chi connectivity index (χ3n) is 3.47. The van der Waals surface area contributed by atoms with Crippen LogP contribution in [0.25, 0.3) is 0 Å². The predicted molar refractivity (Wildman–Crippen MR) is 88.9 cm³/mol. The summed E-state index contributed by atoms with van der Waals surface area (Å²) in [4.78, 5) is 23.7. The predicted octanol–water partition coefficient (Wildman–Crippen LogP) is 1.46. The SMILES string of the molecule is CC(C)C[C@H](CO)NC(=O)C[C@@H](O)CC(=O)Cc1ccccc1. The molecular weight excluding hydrogens is 294 g/mol. The first kappa shape index (κ1) is 19.3. The maximum atomic E-state index is 11.9. The number of carbonyl (C=O) groups excluding carboxylic acids is 2. The van der Waals surface area contributed by atoms with Gasteiger partial charge in [0.2, 0.25) is 5.91 Å². The molecule has 0 aliphatic heterocycles. The van der Waals surface area contributed by atoms with Crippen LogP contribution in [-0.4, -0.2) is 40.7 Å². The van der Waals surface area contributed by atoms with Crippen LogP contribution in [0.5, 0.6) is 0 Å². The Morgan fingerprint density at radius 1 is 1.13 bits per heavy atom. The Morgan fingerprint density at radius 3 is 2.35 bits per heavy atom. The standard InChI is InChI=1S/C18H27NO4/c1-13(2)8-15(12-20)19-18(23)11-17(22)10-16(21)9-14-6-4-3-5-7-14/h3-7,13,15,17,20,22H,8-12H2,1-2H3,(H,19,23)/t15-,17+/m1/s1. The summed E-state index contributed by atoms with van der Waals surface area (Å²) in [6, 6.07) is 8.99. The minimum absolute atomic E-state index is 0.0454. The van der Waals surface area contributed by atoms with E-state index in [0.717, 1.165) is 5.56 Å². The summed E-state index contributed by atoms with van der Waals surface area (Å²) in [7, 11) is 0. The molecule has 0 aliphatic carbocycles. The van der Waals surface area contributed by atoms with Gasteiger partial charge in [-0.15, -0.1) is 0 Å². The van der Waals surface area contributed by atoms with Gasteiger partial charge in [0.15, 0.2) is 0 Å². The molecule has 5 heteroatoms. The van der Waals surface area contributed by atoms with Gasteiger partial charge in [-0.1, -0.05) is 44.2 Å². The number of rotatable bonds is 10. The average molecular weight is 321 g/mol. The molecule has 0 heterocycles. The molecule has 0 aromatic heterocycles. The Morgan fingerprint density at radius 2 is 1.78 bits per heavy atom. The van der Waals surface area contributed by atoms with Gasteiger partial charge >= 0.3 is 0 Å². The Labute approximate surface area is 137 Å². The van der Waals surface area contributed by atoms with E-state index < -0.39 is 6.10 Å². The van der Waals surface area contributed by atoms with Crippen molar-refractivity contribution in [3.63, 3.8) is 0 Å². The first-order valence-corrected chi connectivity index (χ1v) is 8.04. The van der Waals surface area contributed by atoms with Gasteiger partial charge in [-0.05, 0) is 17.9 Å². The van der Waals surface area contributed by atoms with Gasteiger partial charge in [-0.3, -0.25) is 9.59 Å². The van der Waals surface area contributed by atoms with Crippen LogP contribution in [-0.2, 0) is 16.0 Å². The van der Waals surface area contributed by atoms with Gasteiger partial charge in [0, 0.05) is 12.8 Å². The number of ketones is 1. The highest BCUT2D eigenvalue weighted by Crippen LogP contribution is 2.08. The largest absolute Gasteiger partial charge is 0.394 e. The van der Waals surface area contributed by atoms with Gasteiger partial charge in [-0.25, -0.2) is 0 Å². The Bertz CT molecular complexity index is 487. The molecule has 5 nitrogen and oxygen atoms in total. The lowest BCUT2D eigenvalue weighted by Crippen LogP contribution is -2.40. The minimum Gasteiger partial charge on any atom is -0.394 e. The second kappa shape index (κ2) is 10.1. The van der Waals surface area contributed by atoms with E-state index in [2.05, 4.69) is 5.32 Å². The number of carbonyl (C=O) groups is 2. The summed E-state index contributed by atoms with van der Waals surface area (Å²) >= 11 is 0. The zero-order valence-corrected chi connectivity index (χ0v) is 13.9. The van der Waals surface area contributed by atoms with E-state index in [-0.39, 0.29) is 43.6 Å². The van der Waals surface area contributed by atoms with Crippen molar-refractivity contribution in [2.24, 2.45) is 5.92 Å². The highest BCUT2D eigenvalue weighted by Gasteiger charge is 2.18. The number of hydrogen-bond acceptors (Lipinski definition) is 4. The van der Waals surface area contributed by atoms with Crippen molar-refractivity contribution >= 4 is 11.7 Å². The number of nitrogens with one attached hydrogen (secondary N) is 1. The van der Waals surface area contributed by atoms with E-state index >= 15 is 0 Å². The molecule has 3 N–H and O–H groups in total. The van der Waals surface area contributed by atoms with Crippen molar-refractivity contribution in [3.8, 4) is 0 Å². The van der Waals surface area contributed by atoms with Gasteiger partial charge in [0.05, 0.1) is 25.2 Å². The first-order chi connectivity index (χ1) is 10.9. The molecular formula is C18H27NO4. The van der Waals surface area contributed by atoms with Gasteiger partial charge in [0.25, 0.3) is 0 Å². The highest BCUT2D eigenvalue weighted by molar-refractivity contribution is 5.83. The lowest BCUT2D eigenvalue weighted by molar-refractivity contribution is -0.125. The minimum atomic E-state index is -0.996. The maximum Gasteiger partial charge on any atom is 0.222 e.